The number of aliphatic hydroxyl groups excluding tert-OH is 4. The molecule has 6 aliphatic rings. The second kappa shape index (κ2) is 13.5. The van der Waals surface area contributed by atoms with Gasteiger partial charge in [0.1, 0.15) is 45.7 Å². The summed E-state index contributed by atoms with van der Waals surface area (Å²) in [5, 5.41) is 85.3. The molecule has 2 aromatic carbocycles. The van der Waals surface area contributed by atoms with Crippen molar-refractivity contribution in [1.29, 1.82) is 0 Å². The maximum absolute atomic E-state index is 13.3. The van der Waals surface area contributed by atoms with E-state index >= 15 is 0 Å². The average molecular weight is 795 g/mol. The zero-order valence-electron chi connectivity index (χ0n) is 30.8. The molecule has 6 atom stereocenters. The third-order valence-corrected chi connectivity index (χ3v) is 12.5. The van der Waals surface area contributed by atoms with E-state index in [0.29, 0.717) is 24.0 Å². The lowest BCUT2D eigenvalue weighted by molar-refractivity contribution is -0.148. The molecule has 300 valence electrons. The highest BCUT2D eigenvalue weighted by Crippen LogP contribution is 2.54. The normalized spacial score (nSPS) is 28.6. The topological polar surface area (TPSA) is 316 Å². The van der Waals surface area contributed by atoms with E-state index in [2.05, 4.69) is 5.92 Å². The summed E-state index contributed by atoms with van der Waals surface area (Å²) in [7, 11) is 0. The Morgan fingerprint density at radius 3 is 1.52 bits per heavy atom. The maximum atomic E-state index is 13.3. The summed E-state index contributed by atoms with van der Waals surface area (Å²) in [6.07, 6.45) is 6.24. The number of primary amides is 2. The number of fused-ring (bicyclic) bond motifs is 6. The van der Waals surface area contributed by atoms with Crippen molar-refractivity contribution in [2.45, 2.75) is 63.1 Å². The molecule has 16 nitrogen and oxygen atoms in total. The first-order valence-electron chi connectivity index (χ1n) is 18.3. The highest BCUT2D eigenvalue weighted by molar-refractivity contribution is 6.24. The number of terminal acetylenes is 1. The van der Waals surface area contributed by atoms with Crippen LogP contribution in [0.5, 0.6) is 11.5 Å². The molecular weight excluding hydrogens is 756 g/mol. The first-order chi connectivity index (χ1) is 27.2. The Bertz CT molecular complexity index is 2520. The first-order valence-corrected chi connectivity index (χ1v) is 18.3. The Balaban J connectivity index is 0.000000177. The van der Waals surface area contributed by atoms with Crippen molar-refractivity contribution in [2.75, 3.05) is 0 Å². The van der Waals surface area contributed by atoms with Crippen LogP contribution in [0.4, 0.5) is 0 Å². The molecule has 0 bridgehead atoms. The van der Waals surface area contributed by atoms with E-state index in [9.17, 15) is 69.6 Å². The summed E-state index contributed by atoms with van der Waals surface area (Å²) in [5.74, 6) is -10.2. The van der Waals surface area contributed by atoms with Crippen LogP contribution in [0.3, 0.4) is 0 Å². The van der Waals surface area contributed by atoms with Crippen LogP contribution in [0, 0.1) is 36.0 Å². The van der Waals surface area contributed by atoms with Gasteiger partial charge in [-0.15, -0.1) is 6.42 Å². The number of hydrogen-bond acceptors (Lipinski definition) is 14. The largest absolute Gasteiger partial charge is 0.508 e. The van der Waals surface area contributed by atoms with E-state index in [4.69, 9.17) is 17.9 Å². The fraction of sp³-hybridized carbons (Fsp3) is 0.333. The number of aromatic hydroxyl groups is 2. The van der Waals surface area contributed by atoms with E-state index in [-0.39, 0.29) is 65.9 Å². The molecule has 6 aliphatic carbocycles. The van der Waals surface area contributed by atoms with Gasteiger partial charge in [-0.05, 0) is 78.8 Å². The van der Waals surface area contributed by atoms with Gasteiger partial charge < -0.3 is 52.3 Å². The lowest BCUT2D eigenvalue weighted by Crippen LogP contribution is -2.58. The molecule has 8 rings (SSSR count). The summed E-state index contributed by atoms with van der Waals surface area (Å²) in [6, 6.07) is 6.00. The lowest BCUT2D eigenvalue weighted by atomic mass is 9.59. The van der Waals surface area contributed by atoms with Gasteiger partial charge in [0.15, 0.2) is 22.8 Å². The number of aryl methyl sites for hydroxylation is 1. The number of rotatable bonds is 3. The summed E-state index contributed by atoms with van der Waals surface area (Å²) in [6.45, 7) is 1.93. The number of amides is 2. The summed E-state index contributed by atoms with van der Waals surface area (Å²) >= 11 is 0. The molecule has 0 spiro atoms. The van der Waals surface area contributed by atoms with Crippen LogP contribution in [-0.4, -0.2) is 87.0 Å². The van der Waals surface area contributed by atoms with Gasteiger partial charge in [-0.1, -0.05) is 18.9 Å². The monoisotopic (exact) mass is 794 g/mol. The van der Waals surface area contributed by atoms with Crippen LogP contribution in [-0.2, 0) is 48.0 Å². The Kier molecular flexibility index (Phi) is 9.17. The molecule has 12 N–H and O–H groups in total. The zero-order chi connectivity index (χ0) is 42.5. The molecule has 0 heterocycles. The second-order valence-corrected chi connectivity index (χ2v) is 15.4. The SMILES string of the molecule is C#Cc1ccc(O)c2c1C[C@H]1C[C@H]3CC(=O)C(C(N)=O)=C(O)[C@@]3(O)C(=O)C1=C2O.CCc1ccc(O)c2c1C[C@H]1C[C@H]3CC(=O)C(C(N)=O)=C(O)[C@@]3(O)C(=O)C1=C2O. The van der Waals surface area contributed by atoms with Gasteiger partial charge in [0.2, 0.25) is 11.6 Å². The number of hydrogen-bond donors (Lipinski definition) is 10. The zero-order valence-corrected chi connectivity index (χ0v) is 30.8. The predicted octanol–water partition coefficient (Wildman–Crippen LogP) is 1.39. The van der Waals surface area contributed by atoms with Gasteiger partial charge in [-0.25, -0.2) is 0 Å². The minimum atomic E-state index is -2.56. The summed E-state index contributed by atoms with van der Waals surface area (Å²) in [4.78, 5) is 74.2. The van der Waals surface area contributed by atoms with E-state index < -0.39 is 104 Å². The minimum absolute atomic E-state index is 0.00687. The number of benzene rings is 2. The summed E-state index contributed by atoms with van der Waals surface area (Å²) < 4.78 is 0. The predicted molar refractivity (Wildman–Crippen MR) is 200 cm³/mol. The number of aliphatic hydroxyl groups is 6. The van der Waals surface area contributed by atoms with Gasteiger partial charge in [0.25, 0.3) is 11.8 Å². The van der Waals surface area contributed by atoms with Crippen molar-refractivity contribution < 1.29 is 69.6 Å². The number of carbonyl (C=O) groups is 6. The van der Waals surface area contributed by atoms with Gasteiger partial charge in [-0.2, -0.15) is 0 Å². The molecule has 2 amide bonds. The molecule has 2 aromatic rings. The van der Waals surface area contributed by atoms with Gasteiger partial charge in [0.05, 0.1) is 11.1 Å². The minimum Gasteiger partial charge on any atom is -0.508 e. The second-order valence-electron chi connectivity index (χ2n) is 15.4. The summed E-state index contributed by atoms with van der Waals surface area (Å²) in [5.41, 5.74) is 5.98. The van der Waals surface area contributed by atoms with Crippen LogP contribution in [0.1, 0.15) is 66.0 Å². The highest BCUT2D eigenvalue weighted by atomic mass is 16.4. The molecule has 0 aromatic heterocycles. The molecule has 2 fully saturated rings. The molecule has 0 unspecified atom stereocenters. The number of ketones is 4. The van der Waals surface area contributed by atoms with Gasteiger partial charge in [0, 0.05) is 41.4 Å². The third-order valence-electron chi connectivity index (χ3n) is 12.5. The van der Waals surface area contributed by atoms with Crippen LogP contribution >= 0.6 is 0 Å². The highest BCUT2D eigenvalue weighted by Gasteiger charge is 2.62. The van der Waals surface area contributed by atoms with Crippen molar-refractivity contribution in [2.24, 2.45) is 35.1 Å². The van der Waals surface area contributed by atoms with E-state index in [1.165, 1.54) is 18.2 Å². The number of phenols is 2. The van der Waals surface area contributed by atoms with Crippen LogP contribution in [0.15, 0.2) is 58.1 Å². The Morgan fingerprint density at radius 1 is 0.690 bits per heavy atom. The Hall–Kier alpha value is -6.70. The third kappa shape index (κ3) is 5.30. The average Bonchev–Trinajstić information content (AvgIpc) is 3.14. The quantitative estimate of drug-likeness (QED) is 0.155. The molecule has 58 heavy (non-hydrogen) atoms. The lowest BCUT2D eigenvalue weighted by Gasteiger charge is -2.46. The molecule has 16 heteroatoms. The van der Waals surface area contributed by atoms with Crippen molar-refractivity contribution in [3.63, 3.8) is 0 Å². The van der Waals surface area contributed by atoms with Crippen LogP contribution in [0.2, 0.25) is 0 Å². The van der Waals surface area contributed by atoms with Crippen LogP contribution in [0.25, 0.3) is 11.5 Å². The van der Waals surface area contributed by atoms with Crippen molar-refractivity contribution in [3.05, 3.63) is 91.5 Å². The Labute approximate surface area is 329 Å². The van der Waals surface area contributed by atoms with Crippen LogP contribution < -0.4 is 11.5 Å². The standard InChI is InChI=1S/C21H21NO7.C21H17NO7/c2*1-2-8-3-4-12(23)15-11(8)6-9-5-10-7-13(24)16(20(22)28)19(27)21(10,29)18(26)14(9)17(15)25/h3-4,9-10,23,25,27,29H,2,5-7H2,1H3,(H2,22,28);1,3-4,9-10,23,25,27,29H,5-7H2,(H2,22,28)/t2*9-,10+,21+/m11/s1. The fourth-order valence-corrected chi connectivity index (χ4v) is 9.77. The fourth-order valence-electron chi connectivity index (χ4n) is 9.77. The van der Waals surface area contributed by atoms with E-state index in [0.717, 1.165) is 11.1 Å². The Morgan fingerprint density at radius 2 is 1.10 bits per heavy atom. The molecule has 0 radical (unpaired) electrons. The molecule has 0 aliphatic heterocycles. The van der Waals surface area contributed by atoms with E-state index in [1.807, 2.05) is 6.92 Å². The number of phenolic OH excluding ortho intramolecular Hbond substituents is 2. The van der Waals surface area contributed by atoms with Crippen molar-refractivity contribution in [3.8, 4) is 23.8 Å². The molecule has 0 saturated heterocycles. The maximum Gasteiger partial charge on any atom is 0.255 e. The number of carbonyl (C=O) groups excluding carboxylic acids is 6. The van der Waals surface area contributed by atoms with Gasteiger partial charge in [-0.3, -0.25) is 28.8 Å². The van der Waals surface area contributed by atoms with Crippen molar-refractivity contribution >= 4 is 46.5 Å². The number of nitrogens with two attached hydrogens (primary N) is 2. The first kappa shape index (κ1) is 39.5. The smallest absolute Gasteiger partial charge is 0.255 e. The van der Waals surface area contributed by atoms with E-state index in [1.54, 1.807) is 6.07 Å². The molecular formula is C42H38N2O14. The molecule has 2 saturated carbocycles. The van der Waals surface area contributed by atoms with Crippen molar-refractivity contribution in [1.82, 2.24) is 0 Å². The van der Waals surface area contributed by atoms with Gasteiger partial charge >= 0.3 is 0 Å². The number of Topliss-reactive ketones (excluding diaryl/α,β-unsaturated/α-hetero) is 4.